The molecule has 0 unspecified atom stereocenters. The summed E-state index contributed by atoms with van der Waals surface area (Å²) in [5, 5.41) is 4.26. The second-order valence-electron chi connectivity index (χ2n) is 6.86. The molecule has 0 amide bonds. The lowest BCUT2D eigenvalue weighted by atomic mass is 9.80. The number of H-pyrrole nitrogens is 1. The Morgan fingerprint density at radius 1 is 0.966 bits per heavy atom. The van der Waals surface area contributed by atoms with Crippen LogP contribution in [-0.2, 0) is 19.1 Å². The molecule has 0 bridgehead atoms. The number of aromatic nitrogens is 1. The molecule has 152 valence electrons. The van der Waals surface area contributed by atoms with E-state index >= 15 is 0 Å². The van der Waals surface area contributed by atoms with Gasteiger partial charge in [-0.15, -0.1) is 0 Å². The minimum Gasteiger partial charge on any atom is -0.466 e. The number of fused-ring (bicyclic) bond motifs is 1. The summed E-state index contributed by atoms with van der Waals surface area (Å²) >= 11 is 6.17. The average molecular weight is 417 g/mol. The first kappa shape index (κ1) is 20.7. The minimum atomic E-state index is -0.944. The fourth-order valence-electron chi connectivity index (χ4n) is 3.64. The van der Waals surface area contributed by atoms with Gasteiger partial charge in [0.25, 0.3) is 5.56 Å². The summed E-state index contributed by atoms with van der Waals surface area (Å²) in [6, 6.07) is 5.17. The van der Waals surface area contributed by atoms with Crippen LogP contribution in [0.2, 0.25) is 5.02 Å². The van der Waals surface area contributed by atoms with Gasteiger partial charge in [0.05, 0.1) is 31.3 Å². The van der Waals surface area contributed by atoms with Crippen LogP contribution in [0, 0.1) is 6.92 Å². The standard InChI is InChI=1S/C21H21ClN2O5/c1-9-6-12-7-13(19(25)24-15(12)8-14(9)22)18-16(20(26)28-4)10(2)23-11(3)17(18)21(27)29-5/h6-8,18,23H,1-5H3,(H,24,25). The van der Waals surface area contributed by atoms with E-state index in [1.165, 1.54) is 14.2 Å². The van der Waals surface area contributed by atoms with Crippen molar-refractivity contribution >= 4 is 34.4 Å². The number of hydrogen-bond donors (Lipinski definition) is 2. The zero-order valence-corrected chi connectivity index (χ0v) is 17.5. The van der Waals surface area contributed by atoms with E-state index in [2.05, 4.69) is 10.3 Å². The second-order valence-corrected chi connectivity index (χ2v) is 7.27. The highest BCUT2D eigenvalue weighted by Gasteiger charge is 2.39. The molecule has 0 saturated carbocycles. The highest BCUT2D eigenvalue weighted by molar-refractivity contribution is 6.32. The predicted molar refractivity (Wildman–Crippen MR) is 110 cm³/mol. The lowest BCUT2D eigenvalue weighted by Crippen LogP contribution is -2.34. The Kier molecular flexibility index (Phi) is 5.53. The Hall–Kier alpha value is -3.06. The third-order valence-corrected chi connectivity index (χ3v) is 5.44. The van der Waals surface area contributed by atoms with E-state index in [0.717, 1.165) is 10.9 Å². The quantitative estimate of drug-likeness (QED) is 0.746. The van der Waals surface area contributed by atoms with Gasteiger partial charge in [0, 0.05) is 27.5 Å². The van der Waals surface area contributed by atoms with E-state index in [-0.39, 0.29) is 16.7 Å². The van der Waals surface area contributed by atoms with E-state index < -0.39 is 23.4 Å². The molecule has 2 N–H and O–H groups in total. The molecule has 0 atom stereocenters. The van der Waals surface area contributed by atoms with Crippen LogP contribution in [0.5, 0.6) is 0 Å². The summed E-state index contributed by atoms with van der Waals surface area (Å²) in [4.78, 5) is 40.9. The normalized spacial score (nSPS) is 14.8. The van der Waals surface area contributed by atoms with Crippen molar-refractivity contribution in [2.45, 2.75) is 26.7 Å². The Labute approximate surface area is 172 Å². The number of aromatic amines is 1. The van der Waals surface area contributed by atoms with Crippen LogP contribution in [0.15, 0.2) is 45.5 Å². The number of halogens is 1. The van der Waals surface area contributed by atoms with Crippen molar-refractivity contribution in [3.8, 4) is 0 Å². The lowest BCUT2D eigenvalue weighted by Gasteiger charge is -2.29. The first-order chi connectivity index (χ1) is 13.7. The van der Waals surface area contributed by atoms with E-state index in [9.17, 15) is 14.4 Å². The van der Waals surface area contributed by atoms with Crippen LogP contribution >= 0.6 is 11.6 Å². The monoisotopic (exact) mass is 416 g/mol. The van der Waals surface area contributed by atoms with Gasteiger partial charge in [0.2, 0.25) is 0 Å². The number of pyridine rings is 1. The summed E-state index contributed by atoms with van der Waals surface area (Å²) in [6.45, 7) is 5.23. The summed E-state index contributed by atoms with van der Waals surface area (Å²) in [6.07, 6.45) is 0. The van der Waals surface area contributed by atoms with Crippen molar-refractivity contribution in [1.29, 1.82) is 0 Å². The molecule has 2 heterocycles. The van der Waals surface area contributed by atoms with Gasteiger partial charge in [-0.25, -0.2) is 9.59 Å². The molecule has 1 aliphatic rings. The first-order valence-electron chi connectivity index (χ1n) is 8.87. The van der Waals surface area contributed by atoms with Gasteiger partial charge in [-0.2, -0.15) is 0 Å². The molecular formula is C21H21ClN2O5. The fourth-order valence-corrected chi connectivity index (χ4v) is 3.80. The topological polar surface area (TPSA) is 97.5 Å². The summed E-state index contributed by atoms with van der Waals surface area (Å²) < 4.78 is 9.86. The summed E-state index contributed by atoms with van der Waals surface area (Å²) in [7, 11) is 2.50. The highest BCUT2D eigenvalue weighted by atomic mass is 35.5. The molecule has 0 fully saturated rings. The SMILES string of the molecule is COC(=O)C1=C(C)NC(C)=C(C(=O)OC)C1c1cc2cc(C)c(Cl)cc2[nH]c1=O. The van der Waals surface area contributed by atoms with Crippen LogP contribution in [0.3, 0.4) is 0 Å². The number of carbonyl (C=O) groups excluding carboxylic acids is 2. The van der Waals surface area contributed by atoms with Crippen molar-refractivity contribution in [3.05, 3.63) is 67.2 Å². The van der Waals surface area contributed by atoms with Crippen LogP contribution in [-0.4, -0.2) is 31.1 Å². The molecule has 29 heavy (non-hydrogen) atoms. The molecular weight excluding hydrogens is 396 g/mol. The van der Waals surface area contributed by atoms with Crippen molar-refractivity contribution in [1.82, 2.24) is 10.3 Å². The van der Waals surface area contributed by atoms with E-state index in [4.69, 9.17) is 21.1 Å². The molecule has 3 rings (SSSR count). The van der Waals surface area contributed by atoms with Gasteiger partial charge >= 0.3 is 11.9 Å². The first-order valence-corrected chi connectivity index (χ1v) is 9.25. The third-order valence-electron chi connectivity index (χ3n) is 5.03. The zero-order chi connectivity index (χ0) is 21.5. The van der Waals surface area contributed by atoms with Crippen LogP contribution < -0.4 is 10.9 Å². The lowest BCUT2D eigenvalue weighted by molar-refractivity contribution is -0.137. The van der Waals surface area contributed by atoms with Gasteiger partial charge in [0.15, 0.2) is 0 Å². The Bertz CT molecular complexity index is 1120. The maximum atomic E-state index is 13.0. The summed E-state index contributed by atoms with van der Waals surface area (Å²) in [5.41, 5.74) is 2.54. The minimum absolute atomic E-state index is 0.175. The predicted octanol–water partition coefficient (Wildman–Crippen LogP) is 3.07. The van der Waals surface area contributed by atoms with Gasteiger partial charge in [-0.3, -0.25) is 4.79 Å². The molecule has 0 saturated heterocycles. The number of methoxy groups -OCH3 is 2. The van der Waals surface area contributed by atoms with E-state index in [1.807, 2.05) is 13.0 Å². The molecule has 8 heteroatoms. The molecule has 7 nitrogen and oxygen atoms in total. The number of aryl methyl sites for hydroxylation is 1. The maximum absolute atomic E-state index is 13.0. The van der Waals surface area contributed by atoms with Gasteiger partial charge in [-0.1, -0.05) is 11.6 Å². The Morgan fingerprint density at radius 3 is 2.03 bits per heavy atom. The largest absolute Gasteiger partial charge is 0.466 e. The molecule has 0 aliphatic carbocycles. The van der Waals surface area contributed by atoms with Gasteiger partial charge < -0.3 is 19.8 Å². The number of allylic oxidation sites excluding steroid dienone is 2. The third kappa shape index (κ3) is 3.53. The smallest absolute Gasteiger partial charge is 0.336 e. The zero-order valence-electron chi connectivity index (χ0n) is 16.7. The Balaban J connectivity index is 2.35. The number of esters is 2. The molecule has 1 aromatic heterocycles. The van der Waals surface area contributed by atoms with Crippen LogP contribution in [0.25, 0.3) is 10.9 Å². The van der Waals surface area contributed by atoms with Gasteiger partial charge in [-0.05, 0) is 49.9 Å². The van der Waals surface area contributed by atoms with Gasteiger partial charge in [0.1, 0.15) is 0 Å². The van der Waals surface area contributed by atoms with Crippen molar-refractivity contribution in [3.63, 3.8) is 0 Å². The van der Waals surface area contributed by atoms with Crippen LogP contribution in [0.4, 0.5) is 0 Å². The van der Waals surface area contributed by atoms with Crippen molar-refractivity contribution in [2.24, 2.45) is 0 Å². The number of nitrogens with one attached hydrogen (secondary N) is 2. The summed E-state index contributed by atoms with van der Waals surface area (Å²) in [5.74, 6) is -2.22. The fraction of sp³-hybridized carbons (Fsp3) is 0.286. The molecule has 0 radical (unpaired) electrons. The number of rotatable bonds is 3. The molecule has 1 aliphatic heterocycles. The van der Waals surface area contributed by atoms with Crippen molar-refractivity contribution in [2.75, 3.05) is 14.2 Å². The Morgan fingerprint density at radius 2 is 1.52 bits per heavy atom. The number of hydrogen-bond acceptors (Lipinski definition) is 6. The average Bonchev–Trinajstić information content (AvgIpc) is 2.67. The van der Waals surface area contributed by atoms with Crippen molar-refractivity contribution < 1.29 is 19.1 Å². The van der Waals surface area contributed by atoms with E-state index in [1.54, 1.807) is 26.0 Å². The van der Waals surface area contributed by atoms with E-state index in [0.29, 0.717) is 21.9 Å². The molecule has 0 spiro atoms. The highest BCUT2D eigenvalue weighted by Crippen LogP contribution is 2.38. The second kappa shape index (κ2) is 7.75. The molecule has 2 aromatic rings. The number of ether oxygens (including phenoxy) is 2. The number of dihydropyridines is 1. The molecule has 1 aromatic carbocycles. The maximum Gasteiger partial charge on any atom is 0.336 e. The number of benzene rings is 1. The van der Waals surface area contributed by atoms with Crippen LogP contribution in [0.1, 0.15) is 30.9 Å². The number of carbonyl (C=O) groups is 2.